The minimum absolute atomic E-state index is 0.466. The molecule has 5 heteroatoms. The first-order valence-electron chi connectivity index (χ1n) is 3.52. The van der Waals surface area contributed by atoms with Gasteiger partial charge in [-0.2, -0.15) is 0 Å². The Bertz CT molecular complexity index is 290. The molecule has 1 aromatic rings. The second-order valence-electron chi connectivity index (χ2n) is 2.54. The van der Waals surface area contributed by atoms with Crippen LogP contribution in [0.2, 0.25) is 0 Å². The highest BCUT2D eigenvalue weighted by Crippen LogP contribution is 2.20. The van der Waals surface area contributed by atoms with Gasteiger partial charge in [-0.15, -0.1) is 0 Å². The van der Waals surface area contributed by atoms with Crippen LogP contribution in [0.1, 0.15) is 11.6 Å². The van der Waals surface area contributed by atoms with Crippen molar-refractivity contribution in [3.63, 3.8) is 0 Å². The highest BCUT2D eigenvalue weighted by atomic mass is 19.1. The van der Waals surface area contributed by atoms with Gasteiger partial charge < -0.3 is 5.73 Å². The summed E-state index contributed by atoms with van der Waals surface area (Å²) in [6.07, 6.45) is 0. The summed E-state index contributed by atoms with van der Waals surface area (Å²) >= 11 is 0. The molecule has 0 unspecified atom stereocenters. The molecule has 1 atom stereocenters. The fourth-order valence-electron chi connectivity index (χ4n) is 0.985. The maximum absolute atomic E-state index is 12.8. The van der Waals surface area contributed by atoms with Gasteiger partial charge in [0.2, 0.25) is 0 Å². The van der Waals surface area contributed by atoms with Gasteiger partial charge in [-0.05, 0) is 0 Å². The predicted molar refractivity (Wildman–Crippen MR) is 39.2 cm³/mol. The number of halogens is 4. The number of hydrogen-bond acceptors (Lipinski definition) is 1. The van der Waals surface area contributed by atoms with E-state index >= 15 is 0 Å². The van der Waals surface area contributed by atoms with Crippen molar-refractivity contribution in [2.45, 2.75) is 6.04 Å². The van der Waals surface area contributed by atoms with Crippen LogP contribution in [-0.4, -0.2) is 6.67 Å². The molecule has 0 aliphatic heterocycles. The molecule has 0 heterocycles. The summed E-state index contributed by atoms with van der Waals surface area (Å²) in [6.45, 7) is -1.10. The molecule has 1 aromatic carbocycles. The third-order valence-electron chi connectivity index (χ3n) is 1.58. The summed E-state index contributed by atoms with van der Waals surface area (Å²) in [5, 5.41) is 0. The largest absolute Gasteiger partial charge is 0.322 e. The van der Waals surface area contributed by atoms with E-state index in [2.05, 4.69) is 0 Å². The number of rotatable bonds is 2. The summed E-state index contributed by atoms with van der Waals surface area (Å²) in [5.41, 5.74) is 4.45. The van der Waals surface area contributed by atoms with E-state index in [1.807, 2.05) is 0 Å². The van der Waals surface area contributed by atoms with Crippen molar-refractivity contribution in [2.24, 2.45) is 5.73 Å². The third kappa shape index (κ3) is 1.98. The summed E-state index contributed by atoms with van der Waals surface area (Å²) in [7, 11) is 0. The summed E-state index contributed by atoms with van der Waals surface area (Å²) in [6, 6.07) is -0.456. The Morgan fingerprint density at radius 2 is 1.62 bits per heavy atom. The lowest BCUT2D eigenvalue weighted by Gasteiger charge is -2.09. The summed E-state index contributed by atoms with van der Waals surface area (Å²) in [5.74, 6) is -3.38. The molecule has 13 heavy (non-hydrogen) atoms. The van der Waals surface area contributed by atoms with Crippen LogP contribution in [0.25, 0.3) is 0 Å². The minimum atomic E-state index is -1.39. The average Bonchev–Trinajstić information content (AvgIpc) is 2.02. The van der Waals surface area contributed by atoms with Crippen molar-refractivity contribution in [1.29, 1.82) is 0 Å². The lowest BCUT2D eigenvalue weighted by Crippen LogP contribution is -2.16. The fourth-order valence-corrected chi connectivity index (χ4v) is 0.985. The van der Waals surface area contributed by atoms with Crippen molar-refractivity contribution >= 4 is 0 Å². The summed E-state index contributed by atoms with van der Waals surface area (Å²) in [4.78, 5) is 0. The molecule has 0 saturated carbocycles. The molecule has 0 fully saturated rings. The molecule has 0 amide bonds. The monoisotopic (exact) mass is 193 g/mol. The molecular formula is C8H7F4N. The van der Waals surface area contributed by atoms with E-state index in [0.29, 0.717) is 12.1 Å². The van der Waals surface area contributed by atoms with E-state index in [0.717, 1.165) is 0 Å². The Labute approximate surface area is 72.2 Å². The first-order chi connectivity index (χ1) is 6.06. The smallest absolute Gasteiger partial charge is 0.133 e. The normalized spacial score (nSPS) is 13.0. The lowest BCUT2D eigenvalue weighted by molar-refractivity contribution is 0.410. The highest BCUT2D eigenvalue weighted by Gasteiger charge is 2.17. The number of nitrogens with two attached hydrogens (primary N) is 1. The number of alkyl halides is 1. The molecule has 72 valence electrons. The topological polar surface area (TPSA) is 26.0 Å². The lowest BCUT2D eigenvalue weighted by atomic mass is 10.1. The predicted octanol–water partition coefficient (Wildman–Crippen LogP) is 2.07. The van der Waals surface area contributed by atoms with Crippen LogP contribution < -0.4 is 5.73 Å². The van der Waals surface area contributed by atoms with Gasteiger partial charge in [0.1, 0.15) is 24.1 Å². The molecule has 0 aliphatic rings. The van der Waals surface area contributed by atoms with E-state index < -0.39 is 35.7 Å². The van der Waals surface area contributed by atoms with E-state index in [4.69, 9.17) is 5.73 Å². The standard InChI is InChI=1S/C8H7F4N/c9-3-7(13)8-5(11)1-4(10)2-6(8)12/h1-2,7H,3,13H2/t7-/m0/s1. The van der Waals surface area contributed by atoms with Crippen molar-refractivity contribution in [3.8, 4) is 0 Å². The molecule has 0 radical (unpaired) electrons. The molecular weight excluding hydrogens is 186 g/mol. The first kappa shape index (κ1) is 9.98. The third-order valence-corrected chi connectivity index (χ3v) is 1.58. The molecule has 0 aliphatic carbocycles. The Morgan fingerprint density at radius 3 is 2.00 bits per heavy atom. The molecule has 0 bridgehead atoms. The SMILES string of the molecule is N[C@@H](CF)c1c(F)cc(F)cc1F. The van der Waals surface area contributed by atoms with Crippen molar-refractivity contribution in [3.05, 3.63) is 35.1 Å². The van der Waals surface area contributed by atoms with Gasteiger partial charge >= 0.3 is 0 Å². The molecule has 0 aromatic heterocycles. The zero-order valence-corrected chi connectivity index (χ0v) is 6.53. The molecule has 0 spiro atoms. The minimum Gasteiger partial charge on any atom is -0.322 e. The van der Waals surface area contributed by atoms with Gasteiger partial charge in [0.25, 0.3) is 0 Å². The Balaban J connectivity index is 3.20. The van der Waals surface area contributed by atoms with Crippen LogP contribution in [0.4, 0.5) is 17.6 Å². The Hall–Kier alpha value is -1.10. The van der Waals surface area contributed by atoms with Crippen LogP contribution in [0.5, 0.6) is 0 Å². The van der Waals surface area contributed by atoms with Crippen molar-refractivity contribution < 1.29 is 17.6 Å². The maximum Gasteiger partial charge on any atom is 0.133 e. The van der Waals surface area contributed by atoms with Crippen LogP contribution in [-0.2, 0) is 0 Å². The number of benzene rings is 1. The maximum atomic E-state index is 12.8. The zero-order chi connectivity index (χ0) is 10.0. The van der Waals surface area contributed by atoms with Gasteiger partial charge in [0, 0.05) is 17.7 Å². The average molecular weight is 193 g/mol. The van der Waals surface area contributed by atoms with Gasteiger partial charge in [-0.3, -0.25) is 0 Å². The van der Waals surface area contributed by atoms with Gasteiger partial charge in [0.15, 0.2) is 0 Å². The molecule has 1 rings (SSSR count). The van der Waals surface area contributed by atoms with Gasteiger partial charge in [-0.1, -0.05) is 0 Å². The van der Waals surface area contributed by atoms with Crippen LogP contribution in [0.3, 0.4) is 0 Å². The van der Waals surface area contributed by atoms with E-state index in [-0.39, 0.29) is 0 Å². The highest BCUT2D eigenvalue weighted by molar-refractivity contribution is 5.23. The van der Waals surface area contributed by atoms with Crippen LogP contribution in [0, 0.1) is 17.5 Å². The zero-order valence-electron chi connectivity index (χ0n) is 6.53. The molecule has 0 saturated heterocycles. The number of hydrogen-bond donors (Lipinski definition) is 1. The van der Waals surface area contributed by atoms with E-state index in [1.165, 1.54) is 0 Å². The summed E-state index contributed by atoms with van der Waals surface area (Å²) < 4.78 is 50.0. The fraction of sp³-hybridized carbons (Fsp3) is 0.250. The van der Waals surface area contributed by atoms with Crippen molar-refractivity contribution in [2.75, 3.05) is 6.67 Å². The molecule has 1 nitrogen and oxygen atoms in total. The van der Waals surface area contributed by atoms with Crippen LogP contribution >= 0.6 is 0 Å². The Morgan fingerprint density at radius 1 is 1.15 bits per heavy atom. The van der Waals surface area contributed by atoms with Crippen LogP contribution in [0.15, 0.2) is 12.1 Å². The Kier molecular flexibility index (Phi) is 2.87. The second kappa shape index (κ2) is 3.74. The van der Waals surface area contributed by atoms with Gasteiger partial charge in [-0.25, -0.2) is 17.6 Å². The first-order valence-corrected chi connectivity index (χ1v) is 3.52. The van der Waals surface area contributed by atoms with Gasteiger partial charge in [0.05, 0.1) is 6.04 Å². The van der Waals surface area contributed by atoms with Crippen molar-refractivity contribution in [1.82, 2.24) is 0 Å². The van der Waals surface area contributed by atoms with E-state index in [1.54, 1.807) is 0 Å². The van der Waals surface area contributed by atoms with E-state index in [9.17, 15) is 17.6 Å². The molecule has 2 N–H and O–H groups in total. The second-order valence-corrected chi connectivity index (χ2v) is 2.54. The quantitative estimate of drug-likeness (QED) is 0.715.